The third-order valence-electron chi connectivity index (χ3n) is 2.15. The molecule has 1 unspecified atom stereocenters. The smallest absolute Gasteiger partial charge is 0.0626 e. The molecule has 0 aromatic heterocycles. The largest absolute Gasteiger partial charge is 0.383 e. The Morgan fingerprint density at radius 1 is 1.64 bits per heavy atom. The van der Waals surface area contributed by atoms with E-state index in [0.717, 1.165) is 12.6 Å². The summed E-state index contributed by atoms with van der Waals surface area (Å²) in [6.07, 6.45) is 4.01. The molecule has 1 saturated carbocycles. The first-order valence-electron chi connectivity index (χ1n) is 4.31. The minimum Gasteiger partial charge on any atom is -0.383 e. The Kier molecular flexibility index (Phi) is 3.83. The molecule has 0 aromatic carbocycles. The molecular formula is C8H18N2O. The van der Waals surface area contributed by atoms with Crippen LogP contribution in [0.5, 0.6) is 0 Å². The zero-order chi connectivity index (χ0) is 8.10. The Balaban J connectivity index is 1.92. The number of rotatable bonds is 5. The minimum absolute atomic E-state index is 0.153. The highest BCUT2D eigenvalue weighted by atomic mass is 16.5. The van der Waals surface area contributed by atoms with Gasteiger partial charge in [0.1, 0.15) is 0 Å². The van der Waals surface area contributed by atoms with E-state index in [1.807, 2.05) is 0 Å². The molecule has 1 aliphatic rings. The normalized spacial score (nSPS) is 21.3. The lowest BCUT2D eigenvalue weighted by Gasteiger charge is -2.27. The van der Waals surface area contributed by atoms with Crippen LogP contribution < -0.4 is 11.1 Å². The van der Waals surface area contributed by atoms with E-state index in [1.54, 1.807) is 7.11 Å². The lowest BCUT2D eigenvalue weighted by atomic mass is 9.93. The number of ether oxygens (including phenoxy) is 1. The Labute approximate surface area is 68.3 Å². The van der Waals surface area contributed by atoms with Gasteiger partial charge in [0.25, 0.3) is 0 Å². The highest BCUT2D eigenvalue weighted by Gasteiger charge is 2.16. The van der Waals surface area contributed by atoms with Crippen LogP contribution in [0.25, 0.3) is 0 Å². The van der Waals surface area contributed by atoms with Crippen molar-refractivity contribution in [3.05, 3.63) is 0 Å². The molecule has 0 amide bonds. The standard InChI is InChI=1S/C8H18N2O/c1-11-6-7(9)5-10-8-3-2-4-8/h7-8,10H,2-6,9H2,1H3. The van der Waals surface area contributed by atoms with Crippen LogP contribution in [0.1, 0.15) is 19.3 Å². The van der Waals surface area contributed by atoms with Crippen molar-refractivity contribution in [2.75, 3.05) is 20.3 Å². The fourth-order valence-corrected chi connectivity index (χ4v) is 1.20. The van der Waals surface area contributed by atoms with E-state index < -0.39 is 0 Å². The minimum atomic E-state index is 0.153. The topological polar surface area (TPSA) is 47.3 Å². The zero-order valence-electron chi connectivity index (χ0n) is 7.18. The first kappa shape index (κ1) is 8.97. The highest BCUT2D eigenvalue weighted by Crippen LogP contribution is 2.17. The van der Waals surface area contributed by atoms with Gasteiger partial charge in [0, 0.05) is 25.7 Å². The molecule has 0 heterocycles. The van der Waals surface area contributed by atoms with Gasteiger partial charge in [-0.2, -0.15) is 0 Å². The third-order valence-corrected chi connectivity index (χ3v) is 2.15. The van der Waals surface area contributed by atoms with Crippen molar-refractivity contribution in [2.45, 2.75) is 31.3 Å². The lowest BCUT2D eigenvalue weighted by Crippen LogP contribution is -2.44. The van der Waals surface area contributed by atoms with Gasteiger partial charge >= 0.3 is 0 Å². The van der Waals surface area contributed by atoms with Crippen LogP contribution >= 0.6 is 0 Å². The Morgan fingerprint density at radius 2 is 2.36 bits per heavy atom. The van der Waals surface area contributed by atoms with E-state index in [0.29, 0.717) is 6.61 Å². The second kappa shape index (κ2) is 4.70. The molecule has 11 heavy (non-hydrogen) atoms. The quantitative estimate of drug-likeness (QED) is 0.596. The number of nitrogens with two attached hydrogens (primary N) is 1. The van der Waals surface area contributed by atoms with Crippen LogP contribution in [0, 0.1) is 0 Å². The average Bonchev–Trinajstić information content (AvgIpc) is 1.85. The maximum absolute atomic E-state index is 5.72. The predicted octanol–water partition coefficient (Wildman–Crippen LogP) is 0.102. The van der Waals surface area contributed by atoms with Crippen LogP contribution in [-0.4, -0.2) is 32.3 Å². The van der Waals surface area contributed by atoms with E-state index in [9.17, 15) is 0 Å². The van der Waals surface area contributed by atoms with Crippen molar-refractivity contribution in [1.82, 2.24) is 5.32 Å². The van der Waals surface area contributed by atoms with Crippen LogP contribution in [0.2, 0.25) is 0 Å². The van der Waals surface area contributed by atoms with Crippen LogP contribution in [0.15, 0.2) is 0 Å². The maximum atomic E-state index is 5.72. The van der Waals surface area contributed by atoms with E-state index in [1.165, 1.54) is 19.3 Å². The van der Waals surface area contributed by atoms with E-state index >= 15 is 0 Å². The molecule has 1 rings (SSSR count). The van der Waals surface area contributed by atoms with Gasteiger partial charge in [-0.3, -0.25) is 0 Å². The summed E-state index contributed by atoms with van der Waals surface area (Å²) < 4.78 is 4.92. The SMILES string of the molecule is COCC(N)CNC1CCC1. The van der Waals surface area contributed by atoms with E-state index in [2.05, 4.69) is 5.32 Å². The molecule has 0 spiro atoms. The second-order valence-electron chi connectivity index (χ2n) is 3.25. The van der Waals surface area contributed by atoms with Crippen molar-refractivity contribution < 1.29 is 4.74 Å². The fraction of sp³-hybridized carbons (Fsp3) is 1.00. The van der Waals surface area contributed by atoms with Crippen LogP contribution in [-0.2, 0) is 4.74 Å². The summed E-state index contributed by atoms with van der Waals surface area (Å²) in [5.74, 6) is 0. The molecule has 1 fully saturated rings. The van der Waals surface area contributed by atoms with Crippen molar-refractivity contribution in [3.63, 3.8) is 0 Å². The van der Waals surface area contributed by atoms with Gasteiger partial charge in [0.15, 0.2) is 0 Å². The summed E-state index contributed by atoms with van der Waals surface area (Å²) in [6, 6.07) is 0.888. The molecule has 1 aliphatic carbocycles. The van der Waals surface area contributed by atoms with Crippen molar-refractivity contribution in [3.8, 4) is 0 Å². The lowest BCUT2D eigenvalue weighted by molar-refractivity contribution is 0.175. The van der Waals surface area contributed by atoms with Crippen LogP contribution in [0.3, 0.4) is 0 Å². The molecule has 1 atom stereocenters. The Morgan fingerprint density at radius 3 is 2.82 bits per heavy atom. The monoisotopic (exact) mass is 158 g/mol. The molecule has 0 radical (unpaired) electrons. The fourth-order valence-electron chi connectivity index (χ4n) is 1.20. The number of hydrogen-bond acceptors (Lipinski definition) is 3. The second-order valence-corrected chi connectivity index (χ2v) is 3.25. The Hall–Kier alpha value is -0.120. The summed E-state index contributed by atoms with van der Waals surface area (Å²) in [5.41, 5.74) is 5.72. The summed E-state index contributed by atoms with van der Waals surface area (Å²) in [6.45, 7) is 1.54. The summed E-state index contributed by atoms with van der Waals surface area (Å²) in [4.78, 5) is 0. The van der Waals surface area contributed by atoms with Crippen molar-refractivity contribution in [1.29, 1.82) is 0 Å². The van der Waals surface area contributed by atoms with E-state index in [-0.39, 0.29) is 6.04 Å². The van der Waals surface area contributed by atoms with Gasteiger partial charge in [-0.15, -0.1) is 0 Å². The molecule has 0 aliphatic heterocycles. The number of hydrogen-bond donors (Lipinski definition) is 2. The van der Waals surface area contributed by atoms with Crippen LogP contribution in [0.4, 0.5) is 0 Å². The highest BCUT2D eigenvalue weighted by molar-refractivity contribution is 4.78. The summed E-state index contributed by atoms with van der Waals surface area (Å²) in [7, 11) is 1.68. The van der Waals surface area contributed by atoms with Gasteiger partial charge in [0.05, 0.1) is 6.61 Å². The molecule has 3 nitrogen and oxygen atoms in total. The zero-order valence-corrected chi connectivity index (χ0v) is 7.18. The molecule has 0 aromatic rings. The third kappa shape index (κ3) is 3.18. The van der Waals surface area contributed by atoms with Gasteiger partial charge in [-0.1, -0.05) is 6.42 Å². The average molecular weight is 158 g/mol. The first-order chi connectivity index (χ1) is 5.33. The maximum Gasteiger partial charge on any atom is 0.0626 e. The molecule has 3 N–H and O–H groups in total. The van der Waals surface area contributed by atoms with Gasteiger partial charge in [0.2, 0.25) is 0 Å². The van der Waals surface area contributed by atoms with Crippen molar-refractivity contribution in [2.24, 2.45) is 5.73 Å². The van der Waals surface area contributed by atoms with Crippen molar-refractivity contribution >= 4 is 0 Å². The van der Waals surface area contributed by atoms with Gasteiger partial charge in [-0.25, -0.2) is 0 Å². The molecule has 66 valence electrons. The van der Waals surface area contributed by atoms with Gasteiger partial charge < -0.3 is 15.8 Å². The van der Waals surface area contributed by atoms with Gasteiger partial charge in [-0.05, 0) is 12.8 Å². The summed E-state index contributed by atoms with van der Waals surface area (Å²) in [5, 5.41) is 3.40. The molecule has 0 saturated heterocycles. The number of nitrogens with one attached hydrogen (secondary N) is 1. The summed E-state index contributed by atoms with van der Waals surface area (Å²) >= 11 is 0. The predicted molar refractivity (Wildman–Crippen MR) is 45.5 cm³/mol. The molecule has 3 heteroatoms. The molecule has 0 bridgehead atoms. The Bertz CT molecular complexity index is 104. The van der Waals surface area contributed by atoms with E-state index in [4.69, 9.17) is 10.5 Å². The number of methoxy groups -OCH3 is 1. The first-order valence-corrected chi connectivity index (χ1v) is 4.31. The molecular weight excluding hydrogens is 140 g/mol.